The van der Waals surface area contributed by atoms with Gasteiger partial charge in [-0.1, -0.05) is 22.9 Å². The SMILES string of the molecule is CCOCc1nnc(NC(=O)c2ccc(Cl)cc2)s1. The second-order valence-corrected chi connectivity index (χ2v) is 5.10. The van der Waals surface area contributed by atoms with Crippen molar-refractivity contribution in [3.63, 3.8) is 0 Å². The van der Waals surface area contributed by atoms with Crippen molar-refractivity contribution in [1.29, 1.82) is 0 Å². The van der Waals surface area contributed by atoms with Crippen molar-refractivity contribution in [3.05, 3.63) is 39.9 Å². The Morgan fingerprint density at radius 3 is 2.79 bits per heavy atom. The molecule has 0 saturated carbocycles. The zero-order valence-electron chi connectivity index (χ0n) is 10.2. The highest BCUT2D eigenvalue weighted by molar-refractivity contribution is 7.15. The van der Waals surface area contributed by atoms with Gasteiger partial charge in [0, 0.05) is 17.2 Å². The molecule has 1 heterocycles. The molecule has 7 heteroatoms. The largest absolute Gasteiger partial charge is 0.374 e. The number of rotatable bonds is 5. The van der Waals surface area contributed by atoms with Crippen molar-refractivity contribution in [1.82, 2.24) is 10.2 Å². The van der Waals surface area contributed by atoms with Crippen LogP contribution in [0.5, 0.6) is 0 Å². The zero-order valence-corrected chi connectivity index (χ0v) is 11.8. The second-order valence-electron chi connectivity index (χ2n) is 3.60. The average Bonchev–Trinajstić information content (AvgIpc) is 2.84. The van der Waals surface area contributed by atoms with Gasteiger partial charge in [-0.15, -0.1) is 10.2 Å². The van der Waals surface area contributed by atoms with E-state index in [2.05, 4.69) is 15.5 Å². The van der Waals surface area contributed by atoms with E-state index in [1.807, 2.05) is 6.92 Å². The molecule has 0 aliphatic carbocycles. The minimum Gasteiger partial charge on any atom is -0.374 e. The molecule has 100 valence electrons. The minimum absolute atomic E-state index is 0.240. The van der Waals surface area contributed by atoms with Crippen LogP contribution in [0.3, 0.4) is 0 Å². The average molecular weight is 298 g/mol. The summed E-state index contributed by atoms with van der Waals surface area (Å²) in [6.07, 6.45) is 0. The summed E-state index contributed by atoms with van der Waals surface area (Å²) in [5.41, 5.74) is 0.519. The number of nitrogens with one attached hydrogen (secondary N) is 1. The summed E-state index contributed by atoms with van der Waals surface area (Å²) in [7, 11) is 0. The first-order valence-corrected chi connectivity index (χ1v) is 6.85. The molecule has 0 atom stereocenters. The number of carbonyl (C=O) groups excluding carboxylic acids is 1. The molecule has 0 spiro atoms. The van der Waals surface area contributed by atoms with Crippen LogP contribution in [0, 0.1) is 0 Å². The molecule has 0 saturated heterocycles. The molecule has 2 aromatic rings. The van der Waals surface area contributed by atoms with Crippen molar-refractivity contribution in [2.75, 3.05) is 11.9 Å². The lowest BCUT2D eigenvalue weighted by molar-refractivity contribution is 0.102. The third-order valence-corrected chi connectivity index (χ3v) is 3.29. The monoisotopic (exact) mass is 297 g/mol. The van der Waals surface area contributed by atoms with E-state index in [4.69, 9.17) is 16.3 Å². The maximum Gasteiger partial charge on any atom is 0.257 e. The fourth-order valence-corrected chi connectivity index (χ4v) is 2.12. The summed E-state index contributed by atoms with van der Waals surface area (Å²) < 4.78 is 5.22. The van der Waals surface area contributed by atoms with E-state index in [9.17, 15) is 4.79 Å². The van der Waals surface area contributed by atoms with E-state index < -0.39 is 0 Å². The molecule has 0 radical (unpaired) electrons. The number of hydrogen-bond acceptors (Lipinski definition) is 5. The van der Waals surface area contributed by atoms with Crippen molar-refractivity contribution in [2.45, 2.75) is 13.5 Å². The van der Waals surface area contributed by atoms with Crippen LogP contribution in [0.4, 0.5) is 5.13 Å². The predicted octanol–water partition coefficient (Wildman–Crippen LogP) is 2.98. The van der Waals surface area contributed by atoms with Gasteiger partial charge in [0.05, 0.1) is 0 Å². The Kier molecular flexibility index (Phi) is 4.84. The fraction of sp³-hybridized carbons (Fsp3) is 0.250. The number of anilines is 1. The molecular weight excluding hydrogens is 286 g/mol. The van der Waals surface area contributed by atoms with E-state index in [0.717, 1.165) is 5.01 Å². The summed E-state index contributed by atoms with van der Waals surface area (Å²) >= 11 is 7.06. The molecule has 19 heavy (non-hydrogen) atoms. The van der Waals surface area contributed by atoms with Gasteiger partial charge < -0.3 is 4.74 Å². The molecule has 0 bridgehead atoms. The van der Waals surface area contributed by atoms with Crippen molar-refractivity contribution >= 4 is 34.0 Å². The van der Waals surface area contributed by atoms with Gasteiger partial charge in [-0.05, 0) is 31.2 Å². The summed E-state index contributed by atoms with van der Waals surface area (Å²) in [6.45, 7) is 2.93. The van der Waals surface area contributed by atoms with Gasteiger partial charge in [-0.3, -0.25) is 10.1 Å². The Morgan fingerprint density at radius 2 is 2.11 bits per heavy atom. The van der Waals surface area contributed by atoms with E-state index in [-0.39, 0.29) is 5.91 Å². The lowest BCUT2D eigenvalue weighted by Crippen LogP contribution is -2.11. The van der Waals surface area contributed by atoms with Crippen molar-refractivity contribution in [3.8, 4) is 0 Å². The number of halogens is 1. The van der Waals surface area contributed by atoms with Gasteiger partial charge in [0.25, 0.3) is 5.91 Å². The van der Waals surface area contributed by atoms with E-state index in [1.54, 1.807) is 24.3 Å². The van der Waals surface area contributed by atoms with Crippen LogP contribution in [-0.2, 0) is 11.3 Å². The normalized spacial score (nSPS) is 10.4. The number of aromatic nitrogens is 2. The highest BCUT2D eigenvalue weighted by Gasteiger charge is 2.10. The van der Waals surface area contributed by atoms with Crippen LogP contribution in [0.25, 0.3) is 0 Å². The van der Waals surface area contributed by atoms with Gasteiger partial charge in [0.1, 0.15) is 11.6 Å². The smallest absolute Gasteiger partial charge is 0.257 e. The molecule has 0 unspecified atom stereocenters. The Labute approximate surface area is 119 Å². The van der Waals surface area contributed by atoms with Crippen molar-refractivity contribution < 1.29 is 9.53 Å². The summed E-state index contributed by atoms with van der Waals surface area (Å²) in [4.78, 5) is 11.9. The topological polar surface area (TPSA) is 64.1 Å². The first-order valence-electron chi connectivity index (χ1n) is 5.66. The number of carbonyl (C=O) groups is 1. The maximum absolute atomic E-state index is 11.9. The van der Waals surface area contributed by atoms with Crippen LogP contribution >= 0.6 is 22.9 Å². The Bertz CT molecular complexity index is 556. The molecular formula is C12H12ClN3O2S. The first-order chi connectivity index (χ1) is 9.19. The van der Waals surface area contributed by atoms with E-state index in [0.29, 0.717) is 28.9 Å². The molecule has 2 rings (SSSR count). The number of amides is 1. The maximum atomic E-state index is 11.9. The van der Waals surface area contributed by atoms with Gasteiger partial charge in [0.15, 0.2) is 0 Å². The van der Waals surface area contributed by atoms with Crippen LogP contribution in [0.2, 0.25) is 5.02 Å². The Hall–Kier alpha value is -1.50. The fourth-order valence-electron chi connectivity index (χ4n) is 1.32. The van der Waals surface area contributed by atoms with Gasteiger partial charge in [-0.25, -0.2) is 0 Å². The number of ether oxygens (including phenoxy) is 1. The molecule has 0 aliphatic heterocycles. The summed E-state index contributed by atoms with van der Waals surface area (Å²) in [5.74, 6) is -0.240. The molecule has 0 fully saturated rings. The zero-order chi connectivity index (χ0) is 13.7. The van der Waals surface area contributed by atoms with Crippen LogP contribution in [-0.4, -0.2) is 22.7 Å². The van der Waals surface area contributed by atoms with Gasteiger partial charge >= 0.3 is 0 Å². The third kappa shape index (κ3) is 3.99. The molecule has 0 aliphatic rings. The molecule has 1 N–H and O–H groups in total. The standard InChI is InChI=1S/C12H12ClN3O2S/c1-2-18-7-10-15-16-12(19-10)14-11(17)8-3-5-9(13)6-4-8/h3-6H,2,7H2,1H3,(H,14,16,17). The predicted molar refractivity (Wildman–Crippen MR) is 74.6 cm³/mol. The lowest BCUT2D eigenvalue weighted by Gasteiger charge is -2.00. The Morgan fingerprint density at radius 1 is 1.37 bits per heavy atom. The minimum atomic E-state index is -0.240. The molecule has 1 aromatic carbocycles. The third-order valence-electron chi connectivity index (χ3n) is 2.22. The highest BCUT2D eigenvalue weighted by atomic mass is 35.5. The van der Waals surface area contributed by atoms with Crippen molar-refractivity contribution in [2.24, 2.45) is 0 Å². The number of nitrogens with zero attached hydrogens (tertiary/aromatic N) is 2. The lowest BCUT2D eigenvalue weighted by atomic mass is 10.2. The summed E-state index contributed by atoms with van der Waals surface area (Å²) in [5, 5.41) is 12.3. The second kappa shape index (κ2) is 6.60. The summed E-state index contributed by atoms with van der Waals surface area (Å²) in [6, 6.07) is 6.63. The van der Waals surface area contributed by atoms with E-state index >= 15 is 0 Å². The van der Waals surface area contributed by atoms with Crippen LogP contribution < -0.4 is 5.32 Å². The molecule has 1 amide bonds. The number of hydrogen-bond donors (Lipinski definition) is 1. The Balaban J connectivity index is 1.98. The highest BCUT2D eigenvalue weighted by Crippen LogP contribution is 2.17. The first kappa shape index (κ1) is 13.9. The number of benzene rings is 1. The van der Waals surface area contributed by atoms with Gasteiger partial charge in [0.2, 0.25) is 5.13 Å². The van der Waals surface area contributed by atoms with Gasteiger partial charge in [-0.2, -0.15) is 0 Å². The molecule has 5 nitrogen and oxygen atoms in total. The quantitative estimate of drug-likeness (QED) is 0.921. The molecule has 1 aromatic heterocycles. The van der Waals surface area contributed by atoms with Crippen LogP contribution in [0.1, 0.15) is 22.3 Å². The van der Waals surface area contributed by atoms with E-state index in [1.165, 1.54) is 11.3 Å². The van der Waals surface area contributed by atoms with Crippen LogP contribution in [0.15, 0.2) is 24.3 Å².